The molecule has 3 rings (SSSR count). The van der Waals surface area contributed by atoms with E-state index in [4.69, 9.17) is 5.73 Å². The molecule has 19 heavy (non-hydrogen) atoms. The highest BCUT2D eigenvalue weighted by atomic mass is 15.1. The maximum atomic E-state index is 9.21. The quantitative estimate of drug-likeness (QED) is 0.847. The highest BCUT2D eigenvalue weighted by molar-refractivity contribution is 5.58. The number of hydrogen-bond acceptors (Lipinski definition) is 2. The second-order valence-electron chi connectivity index (χ2n) is 5.28. The summed E-state index contributed by atoms with van der Waals surface area (Å²) in [4.78, 5) is 0. The Hall–Kier alpha value is -2.21. The molecule has 0 atom stereocenters. The van der Waals surface area contributed by atoms with E-state index >= 15 is 0 Å². The van der Waals surface area contributed by atoms with Crippen molar-refractivity contribution in [3.8, 4) is 6.07 Å². The molecule has 0 saturated carbocycles. The fraction of sp³-hybridized carbons (Fsp3) is 0.312. The third-order valence-corrected chi connectivity index (χ3v) is 4.30. The van der Waals surface area contributed by atoms with Crippen molar-refractivity contribution >= 4 is 5.82 Å². The standard InChI is InChI=1S/C16H17N3/c1-10-11(2)19(16(18)15(10)9-17)14-7-12-5-3-4-6-13(12)8-14/h3-6,14H,7-8,18H2,1-2H3. The maximum Gasteiger partial charge on any atom is 0.122 e. The van der Waals surface area contributed by atoms with Crippen molar-refractivity contribution in [1.82, 2.24) is 4.57 Å². The predicted molar refractivity (Wildman–Crippen MR) is 75.9 cm³/mol. The molecule has 0 spiro atoms. The minimum atomic E-state index is 0.346. The molecule has 0 radical (unpaired) electrons. The van der Waals surface area contributed by atoms with E-state index < -0.39 is 0 Å². The predicted octanol–water partition coefficient (Wildman–Crippen LogP) is 2.90. The first-order valence-corrected chi connectivity index (χ1v) is 6.57. The first-order valence-electron chi connectivity index (χ1n) is 6.57. The first kappa shape index (κ1) is 11.9. The van der Waals surface area contributed by atoms with Crippen LogP contribution in [0.1, 0.15) is 34.0 Å². The van der Waals surface area contributed by atoms with Crippen LogP contribution in [-0.4, -0.2) is 4.57 Å². The van der Waals surface area contributed by atoms with Crippen molar-refractivity contribution in [2.45, 2.75) is 32.7 Å². The van der Waals surface area contributed by atoms with E-state index in [0.717, 1.165) is 24.1 Å². The summed E-state index contributed by atoms with van der Waals surface area (Å²) in [5, 5.41) is 9.21. The van der Waals surface area contributed by atoms with E-state index in [1.165, 1.54) is 11.1 Å². The summed E-state index contributed by atoms with van der Waals surface area (Å²) in [5.41, 5.74) is 11.7. The Labute approximate surface area is 113 Å². The van der Waals surface area contributed by atoms with Gasteiger partial charge in [0.1, 0.15) is 11.9 Å². The molecule has 0 saturated heterocycles. The number of nitriles is 1. The van der Waals surface area contributed by atoms with Gasteiger partial charge in [-0.25, -0.2) is 0 Å². The van der Waals surface area contributed by atoms with E-state index in [9.17, 15) is 5.26 Å². The number of nitrogens with zero attached hydrogens (tertiary/aromatic N) is 2. The van der Waals surface area contributed by atoms with Crippen molar-refractivity contribution in [2.24, 2.45) is 0 Å². The van der Waals surface area contributed by atoms with Gasteiger partial charge in [-0.1, -0.05) is 24.3 Å². The topological polar surface area (TPSA) is 54.7 Å². The smallest absolute Gasteiger partial charge is 0.122 e. The van der Waals surface area contributed by atoms with Gasteiger partial charge in [-0.2, -0.15) is 5.26 Å². The lowest BCUT2D eigenvalue weighted by atomic mass is 10.1. The zero-order valence-electron chi connectivity index (χ0n) is 11.3. The minimum absolute atomic E-state index is 0.346. The molecule has 1 heterocycles. The van der Waals surface area contributed by atoms with Crippen LogP contribution in [0.25, 0.3) is 0 Å². The van der Waals surface area contributed by atoms with E-state index in [2.05, 4.69) is 41.8 Å². The molecular weight excluding hydrogens is 234 g/mol. The Kier molecular flexibility index (Phi) is 2.60. The maximum absolute atomic E-state index is 9.21. The van der Waals surface area contributed by atoms with Crippen LogP contribution in [0.3, 0.4) is 0 Å². The minimum Gasteiger partial charge on any atom is -0.384 e. The van der Waals surface area contributed by atoms with Gasteiger partial charge in [-0.3, -0.25) is 0 Å². The Morgan fingerprint density at radius 1 is 1.21 bits per heavy atom. The van der Waals surface area contributed by atoms with Crippen molar-refractivity contribution in [1.29, 1.82) is 5.26 Å². The summed E-state index contributed by atoms with van der Waals surface area (Å²) < 4.78 is 2.15. The van der Waals surface area contributed by atoms with Gasteiger partial charge >= 0.3 is 0 Å². The largest absolute Gasteiger partial charge is 0.384 e. The molecule has 1 aromatic carbocycles. The molecule has 2 aromatic rings. The van der Waals surface area contributed by atoms with Gasteiger partial charge in [0.15, 0.2) is 0 Å². The number of fused-ring (bicyclic) bond motifs is 1. The van der Waals surface area contributed by atoms with Crippen LogP contribution in [0, 0.1) is 25.2 Å². The number of benzene rings is 1. The van der Waals surface area contributed by atoms with Gasteiger partial charge in [0.2, 0.25) is 0 Å². The molecule has 1 aliphatic carbocycles. The van der Waals surface area contributed by atoms with E-state index in [1.54, 1.807) is 0 Å². The number of anilines is 1. The van der Waals surface area contributed by atoms with Crippen LogP contribution in [-0.2, 0) is 12.8 Å². The SMILES string of the molecule is Cc1c(C#N)c(N)n(C2Cc3ccccc3C2)c1C. The molecule has 0 fully saturated rings. The zero-order valence-corrected chi connectivity index (χ0v) is 11.3. The first-order chi connectivity index (χ1) is 9.13. The average Bonchev–Trinajstić information content (AvgIpc) is 2.90. The van der Waals surface area contributed by atoms with Gasteiger partial charge in [0, 0.05) is 11.7 Å². The van der Waals surface area contributed by atoms with Crippen molar-refractivity contribution < 1.29 is 0 Å². The molecule has 1 aliphatic rings. The molecule has 0 aliphatic heterocycles. The van der Waals surface area contributed by atoms with Crippen molar-refractivity contribution in [3.05, 3.63) is 52.2 Å². The molecule has 0 unspecified atom stereocenters. The van der Waals surface area contributed by atoms with Crippen molar-refractivity contribution in [2.75, 3.05) is 5.73 Å². The number of nitrogen functional groups attached to an aromatic ring is 1. The summed E-state index contributed by atoms with van der Waals surface area (Å²) in [7, 11) is 0. The number of hydrogen-bond donors (Lipinski definition) is 1. The van der Waals surface area contributed by atoms with Crippen LogP contribution in [0.15, 0.2) is 24.3 Å². The van der Waals surface area contributed by atoms with Gasteiger partial charge < -0.3 is 10.3 Å². The molecule has 3 nitrogen and oxygen atoms in total. The monoisotopic (exact) mass is 251 g/mol. The number of aromatic nitrogens is 1. The van der Waals surface area contributed by atoms with E-state index in [0.29, 0.717) is 17.4 Å². The Balaban J connectivity index is 2.05. The van der Waals surface area contributed by atoms with Gasteiger partial charge in [0.05, 0.1) is 5.56 Å². The van der Waals surface area contributed by atoms with Gasteiger partial charge in [0.25, 0.3) is 0 Å². The lowest BCUT2D eigenvalue weighted by Gasteiger charge is -2.16. The molecule has 2 N–H and O–H groups in total. The average molecular weight is 251 g/mol. The molecule has 0 amide bonds. The fourth-order valence-electron chi connectivity index (χ4n) is 3.18. The normalized spacial score (nSPS) is 14.4. The third kappa shape index (κ3) is 1.64. The Bertz CT molecular complexity index is 664. The number of nitrogens with two attached hydrogens (primary N) is 1. The van der Waals surface area contributed by atoms with Crippen LogP contribution in [0.5, 0.6) is 0 Å². The number of rotatable bonds is 1. The lowest BCUT2D eigenvalue weighted by molar-refractivity contribution is 0.526. The molecule has 96 valence electrons. The van der Waals surface area contributed by atoms with E-state index in [-0.39, 0.29) is 0 Å². The van der Waals surface area contributed by atoms with Crippen LogP contribution in [0.2, 0.25) is 0 Å². The summed E-state index contributed by atoms with van der Waals surface area (Å²) in [6.07, 6.45) is 2.00. The highest BCUT2D eigenvalue weighted by Crippen LogP contribution is 2.35. The second kappa shape index (κ2) is 4.17. The second-order valence-corrected chi connectivity index (χ2v) is 5.28. The molecule has 3 heteroatoms. The lowest BCUT2D eigenvalue weighted by Crippen LogP contribution is -2.13. The Morgan fingerprint density at radius 2 is 1.79 bits per heavy atom. The van der Waals surface area contributed by atoms with Crippen LogP contribution < -0.4 is 5.73 Å². The van der Waals surface area contributed by atoms with Gasteiger partial charge in [-0.05, 0) is 43.4 Å². The fourth-order valence-corrected chi connectivity index (χ4v) is 3.18. The highest BCUT2D eigenvalue weighted by Gasteiger charge is 2.27. The summed E-state index contributed by atoms with van der Waals surface area (Å²) in [6, 6.07) is 11.1. The molecule has 1 aromatic heterocycles. The van der Waals surface area contributed by atoms with Crippen molar-refractivity contribution in [3.63, 3.8) is 0 Å². The molecule has 0 bridgehead atoms. The van der Waals surface area contributed by atoms with E-state index in [1.807, 2.05) is 6.92 Å². The van der Waals surface area contributed by atoms with Crippen LogP contribution in [0.4, 0.5) is 5.82 Å². The zero-order chi connectivity index (χ0) is 13.6. The summed E-state index contributed by atoms with van der Waals surface area (Å²) >= 11 is 0. The Morgan fingerprint density at radius 3 is 2.26 bits per heavy atom. The van der Waals surface area contributed by atoms with Gasteiger partial charge in [-0.15, -0.1) is 0 Å². The molecular formula is C16H17N3. The third-order valence-electron chi connectivity index (χ3n) is 4.30. The summed E-state index contributed by atoms with van der Waals surface area (Å²) in [6.45, 7) is 4.03. The summed E-state index contributed by atoms with van der Waals surface area (Å²) in [5.74, 6) is 0.621. The van der Waals surface area contributed by atoms with Crippen LogP contribution >= 0.6 is 0 Å².